The van der Waals surface area contributed by atoms with E-state index in [0.29, 0.717) is 12.0 Å². The number of hydrogen-bond acceptors (Lipinski definition) is 3. The van der Waals surface area contributed by atoms with Gasteiger partial charge in [0.2, 0.25) is 0 Å². The number of unbranched alkanes of at least 4 members (excludes halogenated alkanes) is 9. The molecule has 1 fully saturated rings. The standard InChI is InChI=1S/C20H43N3/c1-18-16-19(12-13-20(18)22)17-23-15-11-9-7-5-3-2-4-6-8-10-14-21/h18-20,23H,2-17,21-22H2,1H3. The van der Waals surface area contributed by atoms with E-state index in [-0.39, 0.29) is 0 Å². The maximum absolute atomic E-state index is 6.09. The first kappa shape index (κ1) is 20.9. The lowest BCUT2D eigenvalue weighted by Crippen LogP contribution is -2.37. The molecule has 1 rings (SSSR count). The van der Waals surface area contributed by atoms with Crippen LogP contribution in [0.25, 0.3) is 0 Å². The normalized spacial score (nSPS) is 24.9. The number of rotatable bonds is 14. The van der Waals surface area contributed by atoms with Crippen molar-refractivity contribution in [3.63, 3.8) is 0 Å². The van der Waals surface area contributed by atoms with Crippen molar-refractivity contribution in [1.29, 1.82) is 0 Å². The van der Waals surface area contributed by atoms with Crippen molar-refractivity contribution in [3.05, 3.63) is 0 Å². The maximum atomic E-state index is 6.09. The summed E-state index contributed by atoms with van der Waals surface area (Å²) in [7, 11) is 0. The van der Waals surface area contributed by atoms with Crippen LogP contribution in [0.4, 0.5) is 0 Å². The number of hydrogen-bond donors (Lipinski definition) is 3. The Kier molecular flexibility index (Phi) is 13.0. The Morgan fingerprint density at radius 1 is 0.826 bits per heavy atom. The third-order valence-corrected chi connectivity index (χ3v) is 5.58. The van der Waals surface area contributed by atoms with Gasteiger partial charge in [-0.2, -0.15) is 0 Å². The third-order valence-electron chi connectivity index (χ3n) is 5.58. The highest BCUT2D eigenvalue weighted by molar-refractivity contribution is 4.80. The lowest BCUT2D eigenvalue weighted by atomic mass is 9.79. The maximum Gasteiger partial charge on any atom is 0.00647 e. The van der Waals surface area contributed by atoms with Gasteiger partial charge < -0.3 is 16.8 Å². The first-order chi connectivity index (χ1) is 11.2. The van der Waals surface area contributed by atoms with Crippen molar-refractivity contribution in [2.75, 3.05) is 19.6 Å². The number of nitrogens with two attached hydrogens (primary N) is 2. The predicted octanol–water partition coefficient (Wildman–Crippen LogP) is 4.20. The van der Waals surface area contributed by atoms with Gasteiger partial charge in [-0.3, -0.25) is 0 Å². The molecule has 0 heterocycles. The van der Waals surface area contributed by atoms with E-state index in [9.17, 15) is 0 Å². The molecule has 0 aliphatic heterocycles. The molecule has 0 bridgehead atoms. The smallest absolute Gasteiger partial charge is 0.00647 e. The van der Waals surface area contributed by atoms with Crippen molar-refractivity contribution in [2.24, 2.45) is 23.3 Å². The minimum Gasteiger partial charge on any atom is -0.330 e. The molecule has 3 unspecified atom stereocenters. The van der Waals surface area contributed by atoms with E-state index in [2.05, 4.69) is 12.2 Å². The Morgan fingerprint density at radius 3 is 1.96 bits per heavy atom. The quantitative estimate of drug-likeness (QED) is 0.419. The lowest BCUT2D eigenvalue weighted by Gasteiger charge is -2.32. The highest BCUT2D eigenvalue weighted by Gasteiger charge is 2.24. The second-order valence-electron chi connectivity index (χ2n) is 7.85. The van der Waals surface area contributed by atoms with Crippen molar-refractivity contribution in [1.82, 2.24) is 5.32 Å². The van der Waals surface area contributed by atoms with Crippen molar-refractivity contribution < 1.29 is 0 Å². The zero-order chi connectivity index (χ0) is 16.8. The average Bonchev–Trinajstić information content (AvgIpc) is 2.55. The van der Waals surface area contributed by atoms with Crippen molar-refractivity contribution in [3.8, 4) is 0 Å². The summed E-state index contributed by atoms with van der Waals surface area (Å²) >= 11 is 0. The fourth-order valence-electron chi connectivity index (χ4n) is 3.83. The summed E-state index contributed by atoms with van der Waals surface area (Å²) in [5.41, 5.74) is 11.6. The summed E-state index contributed by atoms with van der Waals surface area (Å²) in [6.07, 6.45) is 17.6. The summed E-state index contributed by atoms with van der Waals surface area (Å²) in [4.78, 5) is 0. The van der Waals surface area contributed by atoms with Crippen molar-refractivity contribution >= 4 is 0 Å². The van der Waals surface area contributed by atoms with Crippen LogP contribution in [0.5, 0.6) is 0 Å². The van der Waals surface area contributed by atoms with Crippen LogP contribution in [0.1, 0.15) is 90.4 Å². The molecule has 0 aromatic heterocycles. The van der Waals surface area contributed by atoms with Gasteiger partial charge in [-0.25, -0.2) is 0 Å². The van der Waals surface area contributed by atoms with Gasteiger partial charge in [0.1, 0.15) is 0 Å². The van der Waals surface area contributed by atoms with E-state index >= 15 is 0 Å². The van der Waals surface area contributed by atoms with Crippen molar-refractivity contribution in [2.45, 2.75) is 96.4 Å². The fraction of sp³-hybridized carbons (Fsp3) is 1.00. The highest BCUT2D eigenvalue weighted by atomic mass is 14.9. The van der Waals surface area contributed by atoms with E-state index in [4.69, 9.17) is 11.5 Å². The Bertz CT molecular complexity index is 257. The molecule has 138 valence electrons. The Labute approximate surface area is 145 Å². The van der Waals surface area contributed by atoms with Crippen LogP contribution in [0.3, 0.4) is 0 Å². The zero-order valence-corrected chi connectivity index (χ0v) is 15.7. The average molecular weight is 326 g/mol. The molecule has 0 aromatic carbocycles. The van der Waals surface area contributed by atoms with E-state index in [1.165, 1.54) is 96.6 Å². The van der Waals surface area contributed by atoms with Gasteiger partial charge in [-0.15, -0.1) is 0 Å². The predicted molar refractivity (Wildman–Crippen MR) is 103 cm³/mol. The summed E-state index contributed by atoms with van der Waals surface area (Å²) in [5, 5.41) is 3.67. The van der Waals surface area contributed by atoms with Crippen LogP contribution in [-0.2, 0) is 0 Å². The van der Waals surface area contributed by atoms with Crippen LogP contribution in [0.15, 0.2) is 0 Å². The van der Waals surface area contributed by atoms with Gasteiger partial charge in [0.15, 0.2) is 0 Å². The van der Waals surface area contributed by atoms with Gasteiger partial charge in [0, 0.05) is 6.04 Å². The molecule has 1 aliphatic rings. The first-order valence-electron chi connectivity index (χ1n) is 10.4. The SMILES string of the molecule is CC1CC(CNCCCCCCCCCCCCN)CCC1N. The lowest BCUT2D eigenvalue weighted by molar-refractivity contribution is 0.242. The molecule has 5 N–H and O–H groups in total. The van der Waals surface area contributed by atoms with E-state index in [1.54, 1.807) is 0 Å². The molecule has 1 saturated carbocycles. The fourth-order valence-corrected chi connectivity index (χ4v) is 3.83. The topological polar surface area (TPSA) is 64.1 Å². The van der Waals surface area contributed by atoms with Crippen LogP contribution in [0.2, 0.25) is 0 Å². The monoisotopic (exact) mass is 325 g/mol. The molecule has 0 radical (unpaired) electrons. The first-order valence-corrected chi connectivity index (χ1v) is 10.4. The molecular formula is C20H43N3. The second-order valence-corrected chi connectivity index (χ2v) is 7.85. The van der Waals surface area contributed by atoms with E-state index in [1.807, 2.05) is 0 Å². The molecule has 23 heavy (non-hydrogen) atoms. The largest absolute Gasteiger partial charge is 0.330 e. The molecule has 0 saturated heterocycles. The molecule has 3 atom stereocenters. The molecule has 0 aromatic rings. The van der Waals surface area contributed by atoms with Gasteiger partial charge in [-0.05, 0) is 63.6 Å². The number of nitrogens with one attached hydrogen (secondary N) is 1. The van der Waals surface area contributed by atoms with Gasteiger partial charge >= 0.3 is 0 Å². The Hall–Kier alpha value is -0.120. The van der Waals surface area contributed by atoms with Gasteiger partial charge in [-0.1, -0.05) is 58.3 Å². The minimum atomic E-state index is 0.451. The Balaban J connectivity index is 1.76. The van der Waals surface area contributed by atoms with Crippen LogP contribution >= 0.6 is 0 Å². The molecule has 3 nitrogen and oxygen atoms in total. The molecule has 0 amide bonds. The summed E-state index contributed by atoms with van der Waals surface area (Å²) in [6.45, 7) is 5.59. The van der Waals surface area contributed by atoms with E-state index < -0.39 is 0 Å². The van der Waals surface area contributed by atoms with Gasteiger partial charge in [0.05, 0.1) is 0 Å². The molecule has 0 spiro atoms. The van der Waals surface area contributed by atoms with Crippen LogP contribution < -0.4 is 16.8 Å². The summed E-state index contributed by atoms with van der Waals surface area (Å²) in [6, 6.07) is 0.451. The Morgan fingerprint density at radius 2 is 1.39 bits per heavy atom. The minimum absolute atomic E-state index is 0.451. The zero-order valence-electron chi connectivity index (χ0n) is 15.7. The second kappa shape index (κ2) is 14.2. The molecule has 3 heteroatoms. The highest BCUT2D eigenvalue weighted by Crippen LogP contribution is 2.27. The summed E-state index contributed by atoms with van der Waals surface area (Å²) < 4.78 is 0. The molecular weight excluding hydrogens is 282 g/mol. The van der Waals surface area contributed by atoms with E-state index in [0.717, 1.165) is 12.5 Å². The van der Waals surface area contributed by atoms with Gasteiger partial charge in [0.25, 0.3) is 0 Å². The molecule has 1 aliphatic carbocycles. The van der Waals surface area contributed by atoms with Crippen LogP contribution in [0, 0.1) is 11.8 Å². The third kappa shape index (κ3) is 11.1. The summed E-state index contributed by atoms with van der Waals surface area (Å²) in [5.74, 6) is 1.58. The van der Waals surface area contributed by atoms with Crippen LogP contribution in [-0.4, -0.2) is 25.7 Å².